The Balaban J connectivity index is 1.81. The second kappa shape index (κ2) is 7.99. The van der Waals surface area contributed by atoms with Gasteiger partial charge in [0.15, 0.2) is 0 Å². The van der Waals surface area contributed by atoms with Crippen LogP contribution in [-0.4, -0.2) is 26.9 Å². The van der Waals surface area contributed by atoms with Crippen LogP contribution in [0.25, 0.3) is 0 Å². The molecule has 2 heterocycles. The molecule has 0 aromatic carbocycles. The van der Waals surface area contributed by atoms with E-state index >= 15 is 0 Å². The molecule has 0 unspecified atom stereocenters. The number of halogens is 3. The SMILES string of the molecule is CC1CCC(Nc2nc(Nc3ccc(C(N)=O)nc3)ncc2C(F)(F)F)CC1. The van der Waals surface area contributed by atoms with Gasteiger partial charge in [-0.3, -0.25) is 4.79 Å². The Hall–Kier alpha value is -2.91. The highest BCUT2D eigenvalue weighted by molar-refractivity contribution is 5.90. The lowest BCUT2D eigenvalue weighted by Crippen LogP contribution is -2.27. The molecule has 0 saturated heterocycles. The zero-order valence-corrected chi connectivity index (χ0v) is 15.3. The predicted molar refractivity (Wildman–Crippen MR) is 98.1 cm³/mol. The van der Waals surface area contributed by atoms with Crippen molar-refractivity contribution < 1.29 is 18.0 Å². The van der Waals surface area contributed by atoms with E-state index in [1.54, 1.807) is 0 Å². The van der Waals surface area contributed by atoms with E-state index in [9.17, 15) is 18.0 Å². The topological polar surface area (TPSA) is 106 Å². The summed E-state index contributed by atoms with van der Waals surface area (Å²) >= 11 is 0. The van der Waals surface area contributed by atoms with Crippen molar-refractivity contribution in [3.63, 3.8) is 0 Å². The van der Waals surface area contributed by atoms with E-state index in [-0.39, 0.29) is 23.5 Å². The number of pyridine rings is 1. The van der Waals surface area contributed by atoms with Gasteiger partial charge >= 0.3 is 6.18 Å². The molecular formula is C18H21F3N6O. The van der Waals surface area contributed by atoms with Crippen molar-refractivity contribution >= 4 is 23.4 Å². The van der Waals surface area contributed by atoms with Crippen LogP contribution in [0.4, 0.5) is 30.6 Å². The smallest absolute Gasteiger partial charge is 0.367 e. The van der Waals surface area contributed by atoms with E-state index in [1.165, 1.54) is 18.3 Å². The van der Waals surface area contributed by atoms with E-state index in [2.05, 4.69) is 32.5 Å². The molecule has 0 atom stereocenters. The number of amides is 1. The monoisotopic (exact) mass is 394 g/mol. The molecule has 150 valence electrons. The van der Waals surface area contributed by atoms with Gasteiger partial charge in [0.1, 0.15) is 17.1 Å². The molecular weight excluding hydrogens is 373 g/mol. The minimum absolute atomic E-state index is 0.00620. The molecule has 0 bridgehead atoms. The Morgan fingerprint density at radius 1 is 1.14 bits per heavy atom. The number of carbonyl (C=O) groups is 1. The largest absolute Gasteiger partial charge is 0.421 e. The van der Waals surface area contributed by atoms with Gasteiger partial charge in [0, 0.05) is 12.2 Å². The summed E-state index contributed by atoms with van der Waals surface area (Å²) in [5.41, 5.74) is 4.72. The highest BCUT2D eigenvalue weighted by Crippen LogP contribution is 2.35. The molecule has 1 aliphatic carbocycles. The fourth-order valence-corrected chi connectivity index (χ4v) is 3.10. The van der Waals surface area contributed by atoms with Gasteiger partial charge in [0.25, 0.3) is 5.91 Å². The molecule has 1 fully saturated rings. The maximum atomic E-state index is 13.3. The average Bonchev–Trinajstić information content (AvgIpc) is 2.63. The summed E-state index contributed by atoms with van der Waals surface area (Å²) in [7, 11) is 0. The number of nitrogens with one attached hydrogen (secondary N) is 2. The summed E-state index contributed by atoms with van der Waals surface area (Å²) in [6.07, 6.45) is 1.05. The molecule has 2 aromatic heterocycles. The van der Waals surface area contributed by atoms with Crippen molar-refractivity contribution in [2.75, 3.05) is 10.6 Å². The van der Waals surface area contributed by atoms with Crippen LogP contribution in [0.1, 0.15) is 48.7 Å². The first-order valence-corrected chi connectivity index (χ1v) is 8.96. The van der Waals surface area contributed by atoms with Crippen LogP contribution in [0, 0.1) is 5.92 Å². The van der Waals surface area contributed by atoms with Crippen LogP contribution in [0.5, 0.6) is 0 Å². The maximum absolute atomic E-state index is 13.3. The number of anilines is 3. The summed E-state index contributed by atoms with van der Waals surface area (Å²) in [5.74, 6) is -0.344. The first-order chi connectivity index (χ1) is 13.2. The summed E-state index contributed by atoms with van der Waals surface area (Å²) in [6.45, 7) is 2.14. The van der Waals surface area contributed by atoms with Crippen molar-refractivity contribution in [1.82, 2.24) is 15.0 Å². The van der Waals surface area contributed by atoms with Crippen molar-refractivity contribution in [3.05, 3.63) is 35.8 Å². The normalized spacial score (nSPS) is 19.9. The minimum Gasteiger partial charge on any atom is -0.367 e. The van der Waals surface area contributed by atoms with Crippen LogP contribution >= 0.6 is 0 Å². The van der Waals surface area contributed by atoms with Gasteiger partial charge in [-0.2, -0.15) is 18.2 Å². The van der Waals surface area contributed by atoms with Crippen molar-refractivity contribution in [2.45, 2.75) is 44.8 Å². The highest BCUT2D eigenvalue weighted by Gasteiger charge is 2.36. The summed E-state index contributed by atoms with van der Waals surface area (Å²) in [4.78, 5) is 22.7. The number of primary amides is 1. The Labute approximate surface area is 160 Å². The fourth-order valence-electron chi connectivity index (χ4n) is 3.10. The number of nitrogens with zero attached hydrogens (tertiary/aromatic N) is 3. The highest BCUT2D eigenvalue weighted by atomic mass is 19.4. The van der Waals surface area contributed by atoms with Gasteiger partial charge in [-0.25, -0.2) is 9.97 Å². The first kappa shape index (κ1) is 19.8. The van der Waals surface area contributed by atoms with Crippen LogP contribution in [0.3, 0.4) is 0 Å². The molecule has 1 amide bonds. The molecule has 4 N–H and O–H groups in total. The molecule has 10 heteroatoms. The number of aromatic nitrogens is 3. The number of rotatable bonds is 5. The van der Waals surface area contributed by atoms with E-state index in [1.807, 2.05) is 0 Å². The third-order valence-corrected chi connectivity index (χ3v) is 4.72. The number of carbonyl (C=O) groups excluding carboxylic acids is 1. The van der Waals surface area contributed by atoms with E-state index in [4.69, 9.17) is 5.73 Å². The number of hydrogen-bond acceptors (Lipinski definition) is 6. The van der Waals surface area contributed by atoms with E-state index < -0.39 is 17.6 Å². The summed E-state index contributed by atoms with van der Waals surface area (Å²) < 4.78 is 40.0. The van der Waals surface area contributed by atoms with Gasteiger partial charge in [-0.15, -0.1) is 0 Å². The van der Waals surface area contributed by atoms with Gasteiger partial charge in [-0.1, -0.05) is 6.92 Å². The third kappa shape index (κ3) is 4.87. The zero-order chi connectivity index (χ0) is 20.3. The lowest BCUT2D eigenvalue weighted by atomic mass is 9.87. The van der Waals surface area contributed by atoms with E-state index in [0.29, 0.717) is 11.6 Å². The summed E-state index contributed by atoms with van der Waals surface area (Å²) in [5, 5.41) is 5.73. The van der Waals surface area contributed by atoms with Gasteiger partial charge in [0.05, 0.1) is 11.9 Å². The molecule has 0 spiro atoms. The van der Waals surface area contributed by atoms with Gasteiger partial charge in [0.2, 0.25) is 5.95 Å². The molecule has 2 aromatic rings. The molecule has 28 heavy (non-hydrogen) atoms. The van der Waals surface area contributed by atoms with Crippen molar-refractivity contribution in [1.29, 1.82) is 0 Å². The first-order valence-electron chi connectivity index (χ1n) is 8.96. The Morgan fingerprint density at radius 2 is 1.86 bits per heavy atom. The van der Waals surface area contributed by atoms with Gasteiger partial charge in [-0.05, 0) is 43.7 Å². The molecule has 1 saturated carbocycles. The molecule has 0 aliphatic heterocycles. The Morgan fingerprint density at radius 3 is 2.43 bits per heavy atom. The zero-order valence-electron chi connectivity index (χ0n) is 15.3. The standard InChI is InChI=1S/C18H21F3N6O/c1-10-2-4-11(5-3-10)25-16-13(18(19,20)21)9-24-17(27-16)26-12-6-7-14(15(22)28)23-8-12/h6-11H,2-5H2,1H3,(H2,22,28)(H2,24,25,26,27). The molecule has 7 nitrogen and oxygen atoms in total. The number of alkyl halides is 3. The quantitative estimate of drug-likeness (QED) is 0.714. The minimum atomic E-state index is -4.56. The average molecular weight is 394 g/mol. The maximum Gasteiger partial charge on any atom is 0.421 e. The third-order valence-electron chi connectivity index (χ3n) is 4.72. The Kier molecular flexibility index (Phi) is 5.66. The number of nitrogens with two attached hydrogens (primary N) is 1. The number of hydrogen-bond donors (Lipinski definition) is 3. The fraction of sp³-hybridized carbons (Fsp3) is 0.444. The predicted octanol–water partition coefficient (Wildman–Crippen LogP) is 3.72. The van der Waals surface area contributed by atoms with Crippen LogP contribution in [0.15, 0.2) is 24.5 Å². The van der Waals surface area contributed by atoms with Crippen LogP contribution in [0.2, 0.25) is 0 Å². The van der Waals surface area contributed by atoms with Gasteiger partial charge < -0.3 is 16.4 Å². The second-order valence-corrected chi connectivity index (χ2v) is 6.98. The Bertz CT molecular complexity index is 832. The lowest BCUT2D eigenvalue weighted by molar-refractivity contribution is -0.137. The van der Waals surface area contributed by atoms with Crippen LogP contribution < -0.4 is 16.4 Å². The van der Waals surface area contributed by atoms with Crippen molar-refractivity contribution in [2.24, 2.45) is 11.7 Å². The van der Waals surface area contributed by atoms with Crippen LogP contribution in [-0.2, 0) is 6.18 Å². The second-order valence-electron chi connectivity index (χ2n) is 6.98. The molecule has 0 radical (unpaired) electrons. The lowest BCUT2D eigenvalue weighted by Gasteiger charge is -2.28. The van der Waals surface area contributed by atoms with Crippen molar-refractivity contribution in [3.8, 4) is 0 Å². The summed E-state index contributed by atoms with van der Waals surface area (Å²) in [6, 6.07) is 2.86. The molecule has 1 aliphatic rings. The molecule has 3 rings (SSSR count). The van der Waals surface area contributed by atoms with E-state index in [0.717, 1.165) is 31.9 Å².